The second kappa shape index (κ2) is 11.9. The summed E-state index contributed by atoms with van der Waals surface area (Å²) in [6.45, 7) is 2.67. The van der Waals surface area contributed by atoms with E-state index in [0.717, 1.165) is 29.2 Å². The summed E-state index contributed by atoms with van der Waals surface area (Å²) in [6.07, 6.45) is -2.96. The molecule has 1 N–H and O–H groups in total. The molecule has 0 saturated carbocycles. The zero-order chi connectivity index (χ0) is 29.0. The molecule has 2 aromatic carbocycles. The number of alkyl halides is 3. The molecular weight excluding hydrogens is 545 g/mol. The first-order chi connectivity index (χ1) is 19.0. The van der Waals surface area contributed by atoms with Crippen molar-refractivity contribution in [2.45, 2.75) is 42.2 Å². The number of nitriles is 1. The Kier molecular flexibility index (Phi) is 8.54. The van der Waals surface area contributed by atoms with Gasteiger partial charge in [-0.15, -0.1) is 0 Å². The van der Waals surface area contributed by atoms with Gasteiger partial charge in [0.05, 0.1) is 32.9 Å². The van der Waals surface area contributed by atoms with Crippen molar-refractivity contribution in [3.05, 3.63) is 87.3 Å². The second-order valence-corrected chi connectivity index (χ2v) is 10.6. The van der Waals surface area contributed by atoms with E-state index in [4.69, 9.17) is 5.26 Å². The number of halogens is 3. The molecule has 1 unspecified atom stereocenters. The molecule has 12 heteroatoms. The molecule has 2 heterocycles. The van der Waals surface area contributed by atoms with Gasteiger partial charge >= 0.3 is 6.18 Å². The summed E-state index contributed by atoms with van der Waals surface area (Å²) in [5.41, 5.74) is -1.96. The molecule has 0 bridgehead atoms. The van der Waals surface area contributed by atoms with Gasteiger partial charge in [-0.25, -0.2) is 4.21 Å². The van der Waals surface area contributed by atoms with Crippen LogP contribution >= 0.6 is 0 Å². The van der Waals surface area contributed by atoms with Gasteiger partial charge in [-0.1, -0.05) is 6.07 Å². The zero-order valence-electron chi connectivity index (χ0n) is 21.5. The lowest BCUT2D eigenvalue weighted by atomic mass is 10.1. The van der Waals surface area contributed by atoms with Crippen LogP contribution in [0.4, 0.5) is 13.2 Å². The van der Waals surface area contributed by atoms with Crippen LogP contribution in [-0.2, 0) is 21.8 Å². The fraction of sp³-hybridized carbons (Fsp3) is 0.286. The van der Waals surface area contributed by atoms with Gasteiger partial charge in [0.2, 0.25) is 5.91 Å². The van der Waals surface area contributed by atoms with Crippen LogP contribution in [0.3, 0.4) is 0 Å². The van der Waals surface area contributed by atoms with Gasteiger partial charge in [0.25, 0.3) is 11.5 Å². The number of carbonyl (C=O) groups excluding carboxylic acids is 2. The first-order valence-corrected chi connectivity index (χ1v) is 13.6. The Labute approximate surface area is 230 Å². The third kappa shape index (κ3) is 6.15. The van der Waals surface area contributed by atoms with Crippen LogP contribution in [0.15, 0.2) is 69.2 Å². The van der Waals surface area contributed by atoms with Crippen molar-refractivity contribution in [1.82, 2.24) is 14.8 Å². The summed E-state index contributed by atoms with van der Waals surface area (Å²) in [5, 5.41) is 11.7. The molecule has 8 nitrogen and oxygen atoms in total. The lowest BCUT2D eigenvalue weighted by Gasteiger charge is -2.18. The second-order valence-electron chi connectivity index (χ2n) is 9.20. The highest BCUT2D eigenvalue weighted by Crippen LogP contribution is 2.31. The van der Waals surface area contributed by atoms with E-state index in [2.05, 4.69) is 5.32 Å². The maximum absolute atomic E-state index is 13.6. The summed E-state index contributed by atoms with van der Waals surface area (Å²) in [4.78, 5) is 40.4. The molecule has 40 heavy (non-hydrogen) atoms. The third-order valence-corrected chi connectivity index (χ3v) is 8.05. The Morgan fingerprint density at radius 1 is 1.12 bits per heavy atom. The standard InChI is InChI=1S/C28H25F3N4O4S/c1-18-24(40(39)22-10-8-19(17-32)9-11-22)16-23(26(37)33-12-4-14-34-13-3-7-25(34)36)27(38)35(18)21-6-2-5-20(15-21)28(29,30)31/h2,5-6,8-11,15-16H,3-4,7,12-14H2,1H3,(H,33,37). The molecule has 4 rings (SSSR count). The zero-order valence-corrected chi connectivity index (χ0v) is 22.3. The van der Waals surface area contributed by atoms with E-state index < -0.39 is 39.6 Å². The van der Waals surface area contributed by atoms with Gasteiger partial charge in [0, 0.05) is 42.3 Å². The van der Waals surface area contributed by atoms with Crippen molar-refractivity contribution < 1.29 is 27.0 Å². The van der Waals surface area contributed by atoms with Gasteiger partial charge in [-0.3, -0.25) is 19.0 Å². The minimum atomic E-state index is -4.67. The van der Waals surface area contributed by atoms with Gasteiger partial charge in [-0.05, 0) is 68.3 Å². The largest absolute Gasteiger partial charge is 0.416 e. The number of nitrogens with zero attached hydrogens (tertiary/aromatic N) is 3. The first-order valence-electron chi connectivity index (χ1n) is 12.4. The van der Waals surface area contributed by atoms with Crippen molar-refractivity contribution >= 4 is 22.6 Å². The van der Waals surface area contributed by atoms with E-state index in [-0.39, 0.29) is 33.6 Å². The number of benzene rings is 2. The van der Waals surface area contributed by atoms with Crippen molar-refractivity contribution in [2.75, 3.05) is 19.6 Å². The van der Waals surface area contributed by atoms with Gasteiger partial charge in [0.15, 0.2) is 0 Å². The molecule has 1 saturated heterocycles. The quantitative estimate of drug-likeness (QED) is 0.413. The summed E-state index contributed by atoms with van der Waals surface area (Å²) in [5.74, 6) is -0.736. The highest BCUT2D eigenvalue weighted by molar-refractivity contribution is 7.85. The third-order valence-electron chi connectivity index (χ3n) is 6.54. The number of amides is 2. The molecule has 2 amide bonds. The van der Waals surface area contributed by atoms with Crippen LogP contribution < -0.4 is 10.9 Å². The lowest BCUT2D eigenvalue weighted by Crippen LogP contribution is -2.36. The van der Waals surface area contributed by atoms with E-state index >= 15 is 0 Å². The minimum absolute atomic E-state index is 0.0451. The molecule has 208 valence electrons. The Morgan fingerprint density at radius 3 is 2.48 bits per heavy atom. The van der Waals surface area contributed by atoms with Crippen LogP contribution in [0.2, 0.25) is 0 Å². The van der Waals surface area contributed by atoms with E-state index in [1.165, 1.54) is 43.3 Å². The van der Waals surface area contributed by atoms with Gasteiger partial charge in [0.1, 0.15) is 5.56 Å². The van der Waals surface area contributed by atoms with Crippen molar-refractivity contribution in [2.24, 2.45) is 0 Å². The molecule has 0 spiro atoms. The fourth-order valence-electron chi connectivity index (χ4n) is 4.45. The van der Waals surface area contributed by atoms with Crippen LogP contribution in [0, 0.1) is 18.3 Å². The van der Waals surface area contributed by atoms with Gasteiger partial charge in [-0.2, -0.15) is 18.4 Å². The molecule has 3 aromatic rings. The van der Waals surface area contributed by atoms with Crippen molar-refractivity contribution in [1.29, 1.82) is 5.26 Å². The van der Waals surface area contributed by atoms with Crippen LogP contribution in [0.1, 0.15) is 46.4 Å². The van der Waals surface area contributed by atoms with Crippen molar-refractivity contribution in [3.8, 4) is 11.8 Å². The molecular formula is C28H25F3N4O4S. The predicted octanol–water partition coefficient (Wildman–Crippen LogP) is 3.95. The van der Waals surface area contributed by atoms with Crippen LogP contribution in [-0.4, -0.2) is 45.1 Å². The molecule has 0 radical (unpaired) electrons. The number of nitrogens with one attached hydrogen (secondary N) is 1. The Bertz CT molecular complexity index is 1580. The smallest absolute Gasteiger partial charge is 0.352 e. The molecule has 0 aliphatic carbocycles. The van der Waals surface area contributed by atoms with Crippen LogP contribution in [0.25, 0.3) is 5.69 Å². The van der Waals surface area contributed by atoms with E-state index in [9.17, 15) is 31.8 Å². The number of hydrogen-bond acceptors (Lipinski definition) is 5. The van der Waals surface area contributed by atoms with E-state index in [1.54, 1.807) is 4.90 Å². The minimum Gasteiger partial charge on any atom is -0.352 e. The maximum atomic E-state index is 13.6. The summed E-state index contributed by atoms with van der Waals surface area (Å²) in [7, 11) is -1.94. The molecule has 1 atom stereocenters. The maximum Gasteiger partial charge on any atom is 0.416 e. The Morgan fingerprint density at radius 2 is 1.85 bits per heavy atom. The Balaban J connectivity index is 1.73. The number of likely N-dealkylation sites (tertiary alicyclic amines) is 1. The highest BCUT2D eigenvalue weighted by atomic mass is 32.2. The van der Waals surface area contributed by atoms with Crippen molar-refractivity contribution in [3.63, 3.8) is 0 Å². The highest BCUT2D eigenvalue weighted by Gasteiger charge is 2.31. The van der Waals surface area contributed by atoms with Crippen LogP contribution in [0.5, 0.6) is 0 Å². The molecule has 1 fully saturated rings. The predicted molar refractivity (Wildman–Crippen MR) is 140 cm³/mol. The number of pyridine rings is 1. The number of hydrogen-bond donors (Lipinski definition) is 1. The fourth-order valence-corrected chi connectivity index (χ4v) is 5.67. The normalized spacial score (nSPS) is 14.2. The molecule has 1 aliphatic rings. The molecule has 1 aromatic heterocycles. The lowest BCUT2D eigenvalue weighted by molar-refractivity contribution is -0.137. The average Bonchev–Trinajstić information content (AvgIpc) is 3.35. The van der Waals surface area contributed by atoms with E-state index in [0.29, 0.717) is 31.5 Å². The number of rotatable bonds is 8. The molecule has 1 aliphatic heterocycles. The Hall–Kier alpha value is -4.24. The topological polar surface area (TPSA) is 112 Å². The monoisotopic (exact) mass is 570 g/mol. The summed E-state index contributed by atoms with van der Waals surface area (Å²) < 4.78 is 54.8. The van der Waals surface area contributed by atoms with Gasteiger partial charge < -0.3 is 10.2 Å². The average molecular weight is 571 g/mol. The van der Waals surface area contributed by atoms with E-state index in [1.807, 2.05) is 6.07 Å². The number of carbonyl (C=O) groups is 2. The summed E-state index contributed by atoms with van der Waals surface area (Å²) in [6, 6.07) is 13.1. The first kappa shape index (κ1) is 28.8. The number of aromatic nitrogens is 1. The summed E-state index contributed by atoms with van der Waals surface area (Å²) >= 11 is 0. The SMILES string of the molecule is Cc1c(S(=O)c2ccc(C#N)cc2)cc(C(=O)NCCCN2CCCC2=O)c(=O)n1-c1cccc(C(F)(F)F)c1.